The molecule has 0 unspecified atom stereocenters. The number of rotatable bonds is 4. The molecule has 0 saturated carbocycles. The molecule has 0 N–H and O–H groups in total. The van der Waals surface area contributed by atoms with Gasteiger partial charge in [0.2, 0.25) is 0 Å². The number of nitro groups is 1. The Labute approximate surface area is 109 Å². The van der Waals surface area contributed by atoms with E-state index in [-0.39, 0.29) is 11.6 Å². The zero-order valence-electron chi connectivity index (χ0n) is 10.7. The number of hydrogen-bond donors (Lipinski definition) is 0. The van der Waals surface area contributed by atoms with E-state index in [2.05, 4.69) is 4.98 Å². The van der Waals surface area contributed by atoms with Crippen molar-refractivity contribution in [3.8, 4) is 0 Å². The van der Waals surface area contributed by atoms with Crippen LogP contribution in [0.4, 0.5) is 10.1 Å². The molecule has 0 aliphatic carbocycles. The molecule has 0 bridgehead atoms. The van der Waals surface area contributed by atoms with E-state index in [0.29, 0.717) is 12.1 Å². The minimum atomic E-state index is -0.601. The van der Waals surface area contributed by atoms with E-state index in [1.165, 1.54) is 12.1 Å². The third kappa shape index (κ3) is 2.96. The summed E-state index contributed by atoms with van der Waals surface area (Å²) in [6, 6.07) is 3.60. The van der Waals surface area contributed by atoms with Gasteiger partial charge in [-0.15, -0.1) is 0 Å². The van der Waals surface area contributed by atoms with Gasteiger partial charge in [0.1, 0.15) is 11.6 Å². The van der Waals surface area contributed by atoms with Gasteiger partial charge in [0.25, 0.3) is 5.69 Å². The molecular formula is C13H14FN3O2. The summed E-state index contributed by atoms with van der Waals surface area (Å²) in [5, 5.41) is 10.7. The zero-order valence-corrected chi connectivity index (χ0v) is 10.7. The summed E-state index contributed by atoms with van der Waals surface area (Å²) in [7, 11) is 0. The number of imidazole rings is 1. The summed E-state index contributed by atoms with van der Waals surface area (Å²) >= 11 is 0. The van der Waals surface area contributed by atoms with Gasteiger partial charge in [-0.2, -0.15) is 0 Å². The number of nitrogens with zero attached hydrogens (tertiary/aromatic N) is 3. The number of halogens is 1. The Bertz CT molecular complexity index is 608. The molecule has 0 aliphatic heterocycles. The summed E-state index contributed by atoms with van der Waals surface area (Å²) in [4.78, 5) is 14.3. The average Bonchev–Trinajstić information content (AvgIpc) is 2.76. The Balaban J connectivity index is 2.33. The largest absolute Gasteiger partial charge is 0.330 e. The Morgan fingerprint density at radius 2 is 2.16 bits per heavy atom. The molecule has 0 amide bonds. The summed E-state index contributed by atoms with van der Waals surface area (Å²) in [5.74, 6) is 0.501. The highest BCUT2D eigenvalue weighted by molar-refractivity contribution is 5.35. The smallest absolute Gasteiger partial charge is 0.272 e. The molecule has 19 heavy (non-hydrogen) atoms. The molecule has 5 nitrogen and oxygen atoms in total. The van der Waals surface area contributed by atoms with E-state index in [9.17, 15) is 14.5 Å². The first kappa shape index (κ1) is 13.2. The van der Waals surface area contributed by atoms with Crippen LogP contribution in [0.1, 0.15) is 31.2 Å². The molecule has 100 valence electrons. The summed E-state index contributed by atoms with van der Waals surface area (Å²) in [5.41, 5.74) is 0.313. The van der Waals surface area contributed by atoms with Crippen molar-refractivity contribution in [1.82, 2.24) is 9.55 Å². The Kier molecular flexibility index (Phi) is 3.59. The number of aromatic nitrogens is 2. The van der Waals surface area contributed by atoms with Crippen molar-refractivity contribution < 1.29 is 9.31 Å². The van der Waals surface area contributed by atoms with E-state index < -0.39 is 10.7 Å². The number of hydrogen-bond acceptors (Lipinski definition) is 3. The SMILES string of the molecule is CC(C)c1nccn1Cc1cc(F)cc([N+](=O)[O-])c1. The van der Waals surface area contributed by atoms with Crippen molar-refractivity contribution in [3.63, 3.8) is 0 Å². The molecule has 0 saturated heterocycles. The number of nitro benzene ring substituents is 1. The van der Waals surface area contributed by atoms with E-state index in [0.717, 1.165) is 11.9 Å². The predicted molar refractivity (Wildman–Crippen MR) is 68.5 cm³/mol. The molecule has 1 aromatic carbocycles. The third-order valence-electron chi connectivity index (χ3n) is 2.77. The van der Waals surface area contributed by atoms with Crippen LogP contribution in [0.3, 0.4) is 0 Å². The number of benzene rings is 1. The quantitative estimate of drug-likeness (QED) is 0.629. The monoisotopic (exact) mass is 263 g/mol. The lowest BCUT2D eigenvalue weighted by molar-refractivity contribution is -0.385. The van der Waals surface area contributed by atoms with Crippen LogP contribution in [-0.4, -0.2) is 14.5 Å². The predicted octanol–water partition coefficient (Wildman–Crippen LogP) is 3.10. The maximum Gasteiger partial charge on any atom is 0.272 e. The minimum absolute atomic E-state index is 0.235. The molecule has 0 spiro atoms. The van der Waals surface area contributed by atoms with Crippen LogP contribution in [0.15, 0.2) is 30.6 Å². The first-order valence-electron chi connectivity index (χ1n) is 5.92. The fourth-order valence-electron chi connectivity index (χ4n) is 1.98. The van der Waals surface area contributed by atoms with Crippen LogP contribution in [-0.2, 0) is 6.54 Å². The standard InChI is InChI=1S/C13H14FN3O2/c1-9(2)13-15-3-4-16(13)8-10-5-11(14)7-12(6-10)17(18)19/h3-7,9H,8H2,1-2H3. The minimum Gasteiger partial charge on any atom is -0.330 e. The Morgan fingerprint density at radius 1 is 1.42 bits per heavy atom. The zero-order chi connectivity index (χ0) is 14.0. The van der Waals surface area contributed by atoms with Gasteiger partial charge in [0.15, 0.2) is 0 Å². The molecular weight excluding hydrogens is 249 g/mol. The average molecular weight is 263 g/mol. The van der Waals surface area contributed by atoms with E-state index in [4.69, 9.17) is 0 Å². The lowest BCUT2D eigenvalue weighted by Crippen LogP contribution is -2.06. The normalized spacial score (nSPS) is 10.9. The topological polar surface area (TPSA) is 61.0 Å². The first-order valence-corrected chi connectivity index (χ1v) is 5.92. The molecule has 0 aliphatic rings. The maximum atomic E-state index is 13.3. The fourth-order valence-corrected chi connectivity index (χ4v) is 1.98. The van der Waals surface area contributed by atoms with Crippen LogP contribution < -0.4 is 0 Å². The van der Waals surface area contributed by atoms with Gasteiger partial charge in [-0.3, -0.25) is 10.1 Å². The highest BCUT2D eigenvalue weighted by Gasteiger charge is 2.12. The lowest BCUT2D eigenvalue weighted by atomic mass is 10.1. The third-order valence-corrected chi connectivity index (χ3v) is 2.77. The van der Waals surface area contributed by atoms with Crippen molar-refractivity contribution in [3.05, 3.63) is 57.9 Å². The van der Waals surface area contributed by atoms with Crippen LogP contribution >= 0.6 is 0 Å². The van der Waals surface area contributed by atoms with Crippen LogP contribution in [0, 0.1) is 15.9 Å². The summed E-state index contributed by atoms with van der Waals surface area (Å²) < 4.78 is 15.2. The second-order valence-corrected chi connectivity index (χ2v) is 4.64. The van der Waals surface area contributed by atoms with Crippen molar-refractivity contribution >= 4 is 5.69 Å². The fraction of sp³-hybridized carbons (Fsp3) is 0.308. The van der Waals surface area contributed by atoms with Crippen molar-refractivity contribution in [2.24, 2.45) is 0 Å². The van der Waals surface area contributed by atoms with Gasteiger partial charge in [0.05, 0.1) is 11.0 Å². The molecule has 1 aromatic heterocycles. The molecule has 6 heteroatoms. The molecule has 2 aromatic rings. The maximum absolute atomic E-state index is 13.3. The second kappa shape index (κ2) is 5.17. The second-order valence-electron chi connectivity index (χ2n) is 4.64. The van der Waals surface area contributed by atoms with Gasteiger partial charge in [0, 0.05) is 30.9 Å². The van der Waals surface area contributed by atoms with Gasteiger partial charge >= 0.3 is 0 Å². The van der Waals surface area contributed by atoms with E-state index >= 15 is 0 Å². The molecule has 2 rings (SSSR count). The molecule has 1 heterocycles. The number of non-ortho nitro benzene ring substituents is 1. The molecule has 0 radical (unpaired) electrons. The van der Waals surface area contributed by atoms with Gasteiger partial charge < -0.3 is 4.57 Å². The highest BCUT2D eigenvalue weighted by atomic mass is 19.1. The van der Waals surface area contributed by atoms with Crippen molar-refractivity contribution in [2.45, 2.75) is 26.3 Å². The van der Waals surface area contributed by atoms with Gasteiger partial charge in [-0.1, -0.05) is 13.8 Å². The van der Waals surface area contributed by atoms with Crippen molar-refractivity contribution in [1.29, 1.82) is 0 Å². The van der Waals surface area contributed by atoms with Crippen LogP contribution in [0.2, 0.25) is 0 Å². The van der Waals surface area contributed by atoms with Crippen molar-refractivity contribution in [2.75, 3.05) is 0 Å². The first-order chi connectivity index (χ1) is 8.97. The van der Waals surface area contributed by atoms with Crippen LogP contribution in [0.5, 0.6) is 0 Å². The van der Waals surface area contributed by atoms with E-state index in [1.54, 1.807) is 12.4 Å². The summed E-state index contributed by atoms with van der Waals surface area (Å²) in [6.45, 7) is 4.38. The Morgan fingerprint density at radius 3 is 2.79 bits per heavy atom. The highest BCUT2D eigenvalue weighted by Crippen LogP contribution is 2.19. The van der Waals surface area contributed by atoms with E-state index in [1.807, 2.05) is 18.4 Å². The molecule has 0 atom stereocenters. The molecule has 0 fully saturated rings. The van der Waals surface area contributed by atoms with Gasteiger partial charge in [-0.25, -0.2) is 9.37 Å². The lowest BCUT2D eigenvalue weighted by Gasteiger charge is -2.10. The Hall–Kier alpha value is -2.24. The van der Waals surface area contributed by atoms with Crippen LogP contribution in [0.25, 0.3) is 0 Å². The van der Waals surface area contributed by atoms with Gasteiger partial charge in [-0.05, 0) is 11.6 Å². The summed E-state index contributed by atoms with van der Waals surface area (Å²) in [6.07, 6.45) is 3.45.